The molecule has 2 atom stereocenters. The first kappa shape index (κ1) is 34.5. The Kier molecular flexibility index (Phi) is 8.32. The van der Waals surface area contributed by atoms with E-state index in [1.54, 1.807) is 0 Å². The molecule has 50 heavy (non-hydrogen) atoms. The molecule has 0 saturated heterocycles. The van der Waals surface area contributed by atoms with Gasteiger partial charge in [0.1, 0.15) is 17.5 Å². The molecule has 3 heteroatoms. The van der Waals surface area contributed by atoms with E-state index >= 15 is 0 Å². The van der Waals surface area contributed by atoms with E-state index in [2.05, 4.69) is 130 Å². The van der Waals surface area contributed by atoms with E-state index in [0.717, 1.165) is 64.8 Å². The Morgan fingerprint density at radius 1 is 0.600 bits per heavy atom. The Balaban J connectivity index is 1.51. The second-order valence-electron chi connectivity index (χ2n) is 17.8. The van der Waals surface area contributed by atoms with E-state index in [1.807, 2.05) is 0 Å². The van der Waals surface area contributed by atoms with Crippen LogP contribution in [0.2, 0.25) is 0 Å². The van der Waals surface area contributed by atoms with Gasteiger partial charge in [-0.1, -0.05) is 127 Å². The quantitative estimate of drug-likeness (QED) is 0.161. The Labute approximate surface area is 299 Å². The predicted octanol–water partition coefficient (Wildman–Crippen LogP) is 11.1. The van der Waals surface area contributed by atoms with Crippen molar-refractivity contribution < 1.29 is 14.3 Å². The number of carbonyl (C=O) groups is 2. The number of fused-ring (bicyclic) bond motifs is 2. The summed E-state index contributed by atoms with van der Waals surface area (Å²) < 4.78 is 6.25. The molecule has 0 spiro atoms. The average molecular weight is 667 g/mol. The van der Waals surface area contributed by atoms with Crippen molar-refractivity contribution in [2.45, 2.75) is 136 Å². The van der Waals surface area contributed by atoms with Gasteiger partial charge in [-0.05, 0) is 108 Å². The van der Waals surface area contributed by atoms with Crippen LogP contribution in [-0.4, -0.2) is 11.8 Å². The Hall–Kier alpha value is -3.98. The lowest BCUT2D eigenvalue weighted by molar-refractivity contribution is -0.133. The third kappa shape index (κ3) is 5.66. The van der Waals surface area contributed by atoms with Crippen molar-refractivity contribution in [2.75, 3.05) is 0 Å². The zero-order valence-electron chi connectivity index (χ0n) is 31.9. The minimum Gasteiger partial charge on any atom is -0.425 e. The third-order valence-electron chi connectivity index (χ3n) is 12.1. The van der Waals surface area contributed by atoms with Crippen LogP contribution in [0.1, 0.15) is 158 Å². The average Bonchev–Trinajstić information content (AvgIpc) is 3.56. The van der Waals surface area contributed by atoms with Gasteiger partial charge in [-0.15, -0.1) is 0 Å². The molecule has 0 amide bonds. The Bertz CT molecular complexity index is 1900. The number of esters is 1. The van der Waals surface area contributed by atoms with Crippen LogP contribution in [0.25, 0.3) is 0 Å². The number of hydrogen-bond acceptors (Lipinski definition) is 3. The molecule has 0 N–H and O–H groups in total. The van der Waals surface area contributed by atoms with Gasteiger partial charge >= 0.3 is 5.97 Å². The first-order valence-electron chi connectivity index (χ1n) is 18.7. The number of hydrogen-bond donors (Lipinski definition) is 0. The number of ether oxygens (including phenoxy) is 1. The largest absolute Gasteiger partial charge is 0.425 e. The molecule has 7 rings (SSSR count). The number of rotatable bonds is 4. The molecular weight excluding hydrogens is 613 g/mol. The fourth-order valence-corrected chi connectivity index (χ4v) is 9.32. The molecule has 3 nitrogen and oxygen atoms in total. The van der Waals surface area contributed by atoms with Crippen LogP contribution in [0.3, 0.4) is 0 Å². The highest BCUT2D eigenvalue weighted by Crippen LogP contribution is 2.54. The van der Waals surface area contributed by atoms with Crippen LogP contribution in [0, 0.1) is 27.7 Å². The first-order valence-corrected chi connectivity index (χ1v) is 18.7. The molecule has 1 saturated carbocycles. The fourth-order valence-electron chi connectivity index (χ4n) is 9.32. The number of aryl methyl sites for hydroxylation is 4. The van der Waals surface area contributed by atoms with Crippen molar-refractivity contribution in [1.82, 2.24) is 0 Å². The SMILES string of the molecule is Cc1ccc(C)c(C2C(=O)Cc3c2cc(C2(c4cc5c(c(C(C)(C)C)c4)OC(=O)C5c4cc(C)ccc4C)CCCCC2)cc3C(C)(C)C)c1. The summed E-state index contributed by atoms with van der Waals surface area (Å²) in [6, 6.07) is 22.6. The molecule has 0 bridgehead atoms. The van der Waals surface area contributed by atoms with Gasteiger partial charge < -0.3 is 4.74 Å². The van der Waals surface area contributed by atoms with Gasteiger partial charge in [0, 0.05) is 23.0 Å². The molecule has 3 aliphatic rings. The second kappa shape index (κ2) is 12.1. The summed E-state index contributed by atoms with van der Waals surface area (Å²) in [4.78, 5) is 28.0. The van der Waals surface area contributed by atoms with Crippen molar-refractivity contribution in [3.8, 4) is 5.75 Å². The zero-order chi connectivity index (χ0) is 35.9. The molecule has 1 fully saturated rings. The molecule has 2 aliphatic carbocycles. The first-order chi connectivity index (χ1) is 23.5. The van der Waals surface area contributed by atoms with Gasteiger partial charge in [-0.2, -0.15) is 0 Å². The summed E-state index contributed by atoms with van der Waals surface area (Å²) in [5.41, 5.74) is 14.6. The van der Waals surface area contributed by atoms with Crippen molar-refractivity contribution in [1.29, 1.82) is 0 Å². The minimum atomic E-state index is -0.456. The van der Waals surface area contributed by atoms with Crippen LogP contribution in [0.4, 0.5) is 0 Å². The maximum absolute atomic E-state index is 14.1. The highest BCUT2D eigenvalue weighted by Gasteiger charge is 2.45. The lowest BCUT2D eigenvalue weighted by Gasteiger charge is -2.41. The van der Waals surface area contributed by atoms with E-state index in [-0.39, 0.29) is 28.1 Å². The predicted molar refractivity (Wildman–Crippen MR) is 204 cm³/mol. The second-order valence-corrected chi connectivity index (χ2v) is 17.8. The molecule has 0 radical (unpaired) electrons. The summed E-state index contributed by atoms with van der Waals surface area (Å²) >= 11 is 0. The number of Topliss-reactive ketones (excluding diaryl/α,β-unsaturated/α-hetero) is 1. The van der Waals surface area contributed by atoms with Gasteiger partial charge in [0.15, 0.2) is 0 Å². The van der Waals surface area contributed by atoms with E-state index in [4.69, 9.17) is 4.74 Å². The number of ketones is 1. The third-order valence-corrected chi connectivity index (χ3v) is 12.1. The molecule has 4 aromatic rings. The Morgan fingerprint density at radius 2 is 1.12 bits per heavy atom. The molecule has 4 aromatic carbocycles. The zero-order valence-corrected chi connectivity index (χ0v) is 31.9. The van der Waals surface area contributed by atoms with Gasteiger partial charge in [0.05, 0.1) is 5.92 Å². The van der Waals surface area contributed by atoms with Crippen molar-refractivity contribution in [3.63, 3.8) is 0 Å². The van der Waals surface area contributed by atoms with Crippen molar-refractivity contribution in [2.24, 2.45) is 0 Å². The molecule has 1 heterocycles. The molecule has 2 unspecified atom stereocenters. The van der Waals surface area contributed by atoms with Crippen LogP contribution in [0.5, 0.6) is 5.75 Å². The standard InChI is InChI=1S/C47H54O3/c1-27-14-16-29(3)33(20-27)41-36-22-31(24-38(45(5,6)7)35(36)26-40(41)48)47(18-12-11-13-19-47)32-23-37-42(34-21-28(2)15-17-30(34)4)44(49)50-43(37)39(25-32)46(8,9)10/h14-17,20-25,41-42H,11-13,18-19,26H2,1-10H3. The highest BCUT2D eigenvalue weighted by atomic mass is 16.5. The fraction of sp³-hybridized carbons (Fsp3) is 0.447. The highest BCUT2D eigenvalue weighted by molar-refractivity contribution is 5.96. The summed E-state index contributed by atoms with van der Waals surface area (Å²) in [6.45, 7) is 22.0. The molecular formula is C47H54O3. The van der Waals surface area contributed by atoms with Crippen LogP contribution in [0.15, 0.2) is 60.7 Å². The smallest absolute Gasteiger partial charge is 0.323 e. The topological polar surface area (TPSA) is 43.4 Å². The molecule has 1 aliphatic heterocycles. The number of benzene rings is 4. The number of carbonyl (C=O) groups excluding carboxylic acids is 2. The monoisotopic (exact) mass is 666 g/mol. The van der Waals surface area contributed by atoms with E-state index in [0.29, 0.717) is 12.2 Å². The minimum absolute atomic E-state index is 0.130. The molecule has 0 aromatic heterocycles. The summed E-state index contributed by atoms with van der Waals surface area (Å²) in [6.07, 6.45) is 6.03. The van der Waals surface area contributed by atoms with Crippen molar-refractivity contribution >= 4 is 11.8 Å². The van der Waals surface area contributed by atoms with Crippen LogP contribution < -0.4 is 4.74 Å². The van der Waals surface area contributed by atoms with Gasteiger partial charge in [-0.3, -0.25) is 9.59 Å². The van der Waals surface area contributed by atoms with E-state index in [9.17, 15) is 9.59 Å². The summed E-state index contributed by atoms with van der Waals surface area (Å²) in [7, 11) is 0. The normalized spacial score (nSPS) is 20.1. The lowest BCUT2D eigenvalue weighted by Crippen LogP contribution is -2.32. The summed E-state index contributed by atoms with van der Waals surface area (Å²) in [5, 5.41) is 0. The maximum Gasteiger partial charge on any atom is 0.323 e. The van der Waals surface area contributed by atoms with Gasteiger partial charge in [-0.25, -0.2) is 0 Å². The lowest BCUT2D eigenvalue weighted by atomic mass is 9.62. The van der Waals surface area contributed by atoms with E-state index in [1.165, 1.54) is 45.4 Å². The van der Waals surface area contributed by atoms with E-state index < -0.39 is 5.92 Å². The maximum atomic E-state index is 14.1. The summed E-state index contributed by atoms with van der Waals surface area (Å²) in [5.74, 6) is 0.151. The van der Waals surface area contributed by atoms with Crippen LogP contribution in [-0.2, 0) is 32.3 Å². The Morgan fingerprint density at radius 3 is 1.68 bits per heavy atom. The van der Waals surface area contributed by atoms with Gasteiger partial charge in [0.2, 0.25) is 0 Å². The molecule has 260 valence electrons. The van der Waals surface area contributed by atoms with Crippen molar-refractivity contribution in [3.05, 3.63) is 133 Å². The van der Waals surface area contributed by atoms with Gasteiger partial charge in [0.25, 0.3) is 0 Å². The van der Waals surface area contributed by atoms with Crippen LogP contribution >= 0.6 is 0 Å².